The molecule has 0 radical (unpaired) electrons. The Kier molecular flexibility index (Phi) is 7.59. The minimum atomic E-state index is -3.93. The second kappa shape index (κ2) is 10.2. The van der Waals surface area contributed by atoms with Gasteiger partial charge in [-0.3, -0.25) is 9.10 Å². The van der Waals surface area contributed by atoms with Crippen molar-refractivity contribution in [3.05, 3.63) is 94.5 Å². The summed E-state index contributed by atoms with van der Waals surface area (Å²) in [5.74, 6) is -0.348. The zero-order valence-corrected chi connectivity index (χ0v) is 20.7. The Bertz CT molecular complexity index is 1240. The number of amides is 1. The van der Waals surface area contributed by atoms with E-state index in [1.54, 1.807) is 36.4 Å². The summed E-state index contributed by atoms with van der Waals surface area (Å²) in [6.45, 7) is 9.66. The minimum Gasteiger partial charge on any atom is -0.348 e. The van der Waals surface area contributed by atoms with E-state index in [0.29, 0.717) is 12.1 Å². The second-order valence-corrected chi connectivity index (χ2v) is 10.3. The fourth-order valence-corrected chi connectivity index (χ4v) is 5.34. The van der Waals surface area contributed by atoms with E-state index < -0.39 is 10.0 Å². The van der Waals surface area contributed by atoms with Crippen LogP contribution >= 0.6 is 0 Å². The third-order valence-electron chi connectivity index (χ3n) is 5.94. The SMILES string of the molecule is CCC(NC(=O)CN(c1ccc(C)c(C)c1)S(=O)(=O)c1ccccc1)c1ccc(C)cc1C. The molecule has 0 saturated carbocycles. The van der Waals surface area contributed by atoms with Gasteiger partial charge < -0.3 is 5.32 Å². The molecule has 0 aliphatic carbocycles. The predicted molar refractivity (Wildman–Crippen MR) is 134 cm³/mol. The largest absolute Gasteiger partial charge is 0.348 e. The summed E-state index contributed by atoms with van der Waals surface area (Å²) in [6, 6.07) is 19.6. The van der Waals surface area contributed by atoms with Crippen LogP contribution in [0, 0.1) is 27.7 Å². The van der Waals surface area contributed by atoms with Crippen LogP contribution in [0.25, 0.3) is 0 Å². The number of carbonyl (C=O) groups excluding carboxylic acids is 1. The maximum atomic E-state index is 13.5. The molecule has 1 amide bonds. The molecule has 0 saturated heterocycles. The number of aryl methyl sites for hydroxylation is 4. The van der Waals surface area contributed by atoms with Crippen molar-refractivity contribution in [2.24, 2.45) is 0 Å². The van der Waals surface area contributed by atoms with Gasteiger partial charge in [-0.1, -0.05) is 55.0 Å². The number of benzene rings is 3. The minimum absolute atomic E-state index is 0.150. The van der Waals surface area contributed by atoms with E-state index >= 15 is 0 Å². The Morgan fingerprint density at radius 2 is 1.58 bits per heavy atom. The fourth-order valence-electron chi connectivity index (χ4n) is 3.90. The smallest absolute Gasteiger partial charge is 0.264 e. The van der Waals surface area contributed by atoms with Gasteiger partial charge in [0.05, 0.1) is 16.6 Å². The Hall–Kier alpha value is -3.12. The standard InChI is InChI=1S/C27H32N2O3S/c1-6-26(25-15-12-19(2)16-22(25)5)28-27(30)18-29(23-14-13-20(3)21(4)17-23)33(31,32)24-10-8-7-9-11-24/h7-17,26H,6,18H2,1-5H3,(H,28,30). The number of sulfonamides is 1. The molecule has 0 aromatic heterocycles. The topological polar surface area (TPSA) is 66.5 Å². The van der Waals surface area contributed by atoms with Crippen molar-refractivity contribution in [3.8, 4) is 0 Å². The second-order valence-electron chi connectivity index (χ2n) is 8.48. The van der Waals surface area contributed by atoms with Crippen LogP contribution in [0.2, 0.25) is 0 Å². The molecule has 1 atom stereocenters. The molecule has 0 bridgehead atoms. The summed E-state index contributed by atoms with van der Waals surface area (Å²) in [4.78, 5) is 13.3. The Morgan fingerprint density at radius 1 is 0.879 bits per heavy atom. The van der Waals surface area contributed by atoms with Crippen molar-refractivity contribution in [1.82, 2.24) is 5.32 Å². The molecule has 174 valence electrons. The van der Waals surface area contributed by atoms with Gasteiger partial charge >= 0.3 is 0 Å². The van der Waals surface area contributed by atoms with Crippen LogP contribution in [-0.4, -0.2) is 20.9 Å². The van der Waals surface area contributed by atoms with Gasteiger partial charge in [0.15, 0.2) is 0 Å². The van der Waals surface area contributed by atoms with E-state index in [1.165, 1.54) is 4.31 Å². The van der Waals surface area contributed by atoms with E-state index in [4.69, 9.17) is 0 Å². The van der Waals surface area contributed by atoms with Gasteiger partial charge in [0, 0.05) is 0 Å². The van der Waals surface area contributed by atoms with Gasteiger partial charge in [-0.2, -0.15) is 0 Å². The van der Waals surface area contributed by atoms with Gasteiger partial charge in [-0.15, -0.1) is 0 Å². The van der Waals surface area contributed by atoms with Gasteiger partial charge in [0.2, 0.25) is 5.91 Å². The van der Waals surface area contributed by atoms with Crippen molar-refractivity contribution >= 4 is 21.6 Å². The molecular formula is C27H32N2O3S. The highest BCUT2D eigenvalue weighted by molar-refractivity contribution is 7.92. The summed E-state index contributed by atoms with van der Waals surface area (Å²) in [5, 5.41) is 3.05. The van der Waals surface area contributed by atoms with Gasteiger partial charge in [0.25, 0.3) is 10.0 Å². The van der Waals surface area contributed by atoms with Gasteiger partial charge in [0.1, 0.15) is 6.54 Å². The van der Waals surface area contributed by atoms with Gasteiger partial charge in [-0.25, -0.2) is 8.42 Å². The molecule has 33 heavy (non-hydrogen) atoms. The van der Waals surface area contributed by atoms with E-state index in [2.05, 4.69) is 11.4 Å². The highest BCUT2D eigenvalue weighted by Crippen LogP contribution is 2.26. The maximum absolute atomic E-state index is 13.5. The van der Waals surface area contributed by atoms with Crippen LogP contribution in [0.15, 0.2) is 71.6 Å². The molecule has 3 aromatic carbocycles. The molecule has 6 heteroatoms. The lowest BCUT2D eigenvalue weighted by Gasteiger charge is -2.26. The van der Waals surface area contributed by atoms with E-state index in [1.807, 2.05) is 58.9 Å². The summed E-state index contributed by atoms with van der Waals surface area (Å²) < 4.78 is 28.2. The van der Waals surface area contributed by atoms with Crippen molar-refractivity contribution in [2.45, 2.75) is 52.0 Å². The lowest BCUT2D eigenvalue weighted by atomic mass is 9.97. The molecule has 0 heterocycles. The molecule has 0 aliphatic rings. The molecule has 1 N–H and O–H groups in total. The third kappa shape index (κ3) is 5.63. The lowest BCUT2D eigenvalue weighted by molar-refractivity contribution is -0.120. The van der Waals surface area contributed by atoms with Crippen LogP contribution in [-0.2, 0) is 14.8 Å². The van der Waals surface area contributed by atoms with Gasteiger partial charge in [-0.05, 0) is 80.6 Å². The molecule has 0 fully saturated rings. The maximum Gasteiger partial charge on any atom is 0.264 e. The average Bonchev–Trinajstić information content (AvgIpc) is 2.78. The van der Waals surface area contributed by atoms with Crippen LogP contribution in [0.4, 0.5) is 5.69 Å². The Labute approximate surface area is 197 Å². The van der Waals surface area contributed by atoms with Crippen LogP contribution in [0.5, 0.6) is 0 Å². The normalized spacial score (nSPS) is 12.3. The number of anilines is 1. The fraction of sp³-hybridized carbons (Fsp3) is 0.296. The zero-order chi connectivity index (χ0) is 24.2. The summed E-state index contributed by atoms with van der Waals surface area (Å²) >= 11 is 0. The number of rotatable bonds is 8. The highest BCUT2D eigenvalue weighted by atomic mass is 32.2. The highest BCUT2D eigenvalue weighted by Gasteiger charge is 2.28. The van der Waals surface area contributed by atoms with E-state index in [-0.39, 0.29) is 23.4 Å². The van der Waals surface area contributed by atoms with Crippen LogP contribution in [0.1, 0.15) is 47.2 Å². The number of hydrogen-bond acceptors (Lipinski definition) is 3. The van der Waals surface area contributed by atoms with E-state index in [9.17, 15) is 13.2 Å². The molecule has 1 unspecified atom stereocenters. The average molecular weight is 465 g/mol. The van der Waals surface area contributed by atoms with Crippen molar-refractivity contribution in [3.63, 3.8) is 0 Å². The summed E-state index contributed by atoms with van der Waals surface area (Å²) in [7, 11) is -3.93. The number of nitrogens with zero attached hydrogens (tertiary/aromatic N) is 1. The van der Waals surface area contributed by atoms with Crippen LogP contribution in [0.3, 0.4) is 0 Å². The quantitative estimate of drug-likeness (QED) is 0.486. The molecule has 5 nitrogen and oxygen atoms in total. The number of hydrogen-bond donors (Lipinski definition) is 1. The zero-order valence-electron chi connectivity index (χ0n) is 19.9. The van der Waals surface area contributed by atoms with E-state index in [0.717, 1.165) is 27.8 Å². The molecule has 3 aromatic rings. The Balaban J connectivity index is 1.94. The Morgan fingerprint density at radius 3 is 2.18 bits per heavy atom. The van der Waals surface area contributed by atoms with Crippen molar-refractivity contribution in [1.29, 1.82) is 0 Å². The first-order valence-electron chi connectivity index (χ1n) is 11.1. The number of nitrogens with one attached hydrogen (secondary N) is 1. The first-order valence-corrected chi connectivity index (χ1v) is 12.6. The first-order chi connectivity index (χ1) is 15.6. The molecule has 0 aliphatic heterocycles. The number of carbonyl (C=O) groups is 1. The van der Waals surface area contributed by atoms with Crippen molar-refractivity contribution in [2.75, 3.05) is 10.8 Å². The summed E-state index contributed by atoms with van der Waals surface area (Å²) in [6.07, 6.45) is 0.699. The molecular weight excluding hydrogens is 432 g/mol. The third-order valence-corrected chi connectivity index (χ3v) is 7.73. The predicted octanol–water partition coefficient (Wildman–Crippen LogP) is 5.38. The molecule has 0 spiro atoms. The summed E-state index contributed by atoms with van der Waals surface area (Å²) in [5.41, 5.74) is 5.79. The van der Waals surface area contributed by atoms with Crippen LogP contribution < -0.4 is 9.62 Å². The van der Waals surface area contributed by atoms with Crippen molar-refractivity contribution < 1.29 is 13.2 Å². The lowest BCUT2D eigenvalue weighted by Crippen LogP contribution is -2.42. The monoisotopic (exact) mass is 464 g/mol. The first kappa shape index (κ1) is 24.5. The molecule has 3 rings (SSSR count).